The summed E-state index contributed by atoms with van der Waals surface area (Å²) in [6.45, 7) is 3.83. The van der Waals surface area contributed by atoms with E-state index >= 15 is 0 Å². The standard InChI is InChI=1S/C10H12ClN3/c1-6(12)8-3-4-9-13-7(2)10(11)14(9)5-8/h3-6H,12H2,1-2H3. The number of aryl methyl sites for hydroxylation is 1. The Balaban J connectivity index is 2.69. The van der Waals surface area contributed by atoms with Gasteiger partial charge in [-0.3, -0.25) is 4.40 Å². The van der Waals surface area contributed by atoms with E-state index in [-0.39, 0.29) is 6.04 Å². The summed E-state index contributed by atoms with van der Waals surface area (Å²) in [5.41, 5.74) is 8.54. The van der Waals surface area contributed by atoms with Gasteiger partial charge in [-0.05, 0) is 25.5 Å². The number of pyridine rings is 1. The van der Waals surface area contributed by atoms with Gasteiger partial charge in [-0.25, -0.2) is 4.98 Å². The molecule has 3 nitrogen and oxygen atoms in total. The van der Waals surface area contributed by atoms with Crippen LogP contribution in [0.4, 0.5) is 0 Å². The van der Waals surface area contributed by atoms with Crippen LogP contribution in [0.3, 0.4) is 0 Å². The molecule has 2 aromatic rings. The maximum absolute atomic E-state index is 6.08. The van der Waals surface area contributed by atoms with Crippen LogP contribution in [0.25, 0.3) is 5.65 Å². The zero-order valence-corrected chi connectivity index (χ0v) is 8.92. The first-order valence-electron chi connectivity index (χ1n) is 4.49. The Morgan fingerprint density at radius 1 is 1.50 bits per heavy atom. The van der Waals surface area contributed by atoms with Crippen LogP contribution >= 0.6 is 11.6 Å². The fourth-order valence-corrected chi connectivity index (χ4v) is 1.60. The average molecular weight is 210 g/mol. The third-order valence-corrected chi connectivity index (χ3v) is 2.72. The quantitative estimate of drug-likeness (QED) is 0.784. The number of nitrogens with zero attached hydrogens (tertiary/aromatic N) is 2. The highest BCUT2D eigenvalue weighted by atomic mass is 35.5. The number of imidazole rings is 1. The van der Waals surface area contributed by atoms with Crippen LogP contribution in [0.15, 0.2) is 18.3 Å². The van der Waals surface area contributed by atoms with E-state index in [0.717, 1.165) is 16.9 Å². The number of aromatic nitrogens is 2. The molecule has 0 saturated heterocycles. The predicted octanol–water partition coefficient (Wildman–Crippen LogP) is 2.32. The van der Waals surface area contributed by atoms with Crippen molar-refractivity contribution >= 4 is 17.2 Å². The van der Waals surface area contributed by atoms with Crippen molar-refractivity contribution in [1.29, 1.82) is 0 Å². The van der Waals surface area contributed by atoms with Gasteiger partial charge < -0.3 is 5.73 Å². The number of hydrogen-bond donors (Lipinski definition) is 1. The lowest BCUT2D eigenvalue weighted by molar-refractivity contribution is 0.808. The Labute approximate surface area is 87.5 Å². The third kappa shape index (κ3) is 1.38. The van der Waals surface area contributed by atoms with Crippen molar-refractivity contribution in [2.75, 3.05) is 0 Å². The van der Waals surface area contributed by atoms with Crippen molar-refractivity contribution in [2.45, 2.75) is 19.9 Å². The van der Waals surface area contributed by atoms with Gasteiger partial charge in [0.15, 0.2) is 0 Å². The zero-order valence-electron chi connectivity index (χ0n) is 8.16. The average Bonchev–Trinajstić information content (AvgIpc) is 2.43. The SMILES string of the molecule is Cc1nc2ccc(C(C)N)cn2c1Cl. The molecule has 0 spiro atoms. The van der Waals surface area contributed by atoms with Crippen LogP contribution in [-0.2, 0) is 0 Å². The molecule has 74 valence electrons. The minimum absolute atomic E-state index is 0.0122. The van der Waals surface area contributed by atoms with E-state index in [2.05, 4.69) is 4.98 Å². The second-order valence-corrected chi connectivity index (χ2v) is 3.83. The minimum atomic E-state index is 0.0122. The maximum Gasteiger partial charge on any atom is 0.138 e. The van der Waals surface area contributed by atoms with Crippen LogP contribution < -0.4 is 5.73 Å². The first kappa shape index (κ1) is 9.49. The van der Waals surface area contributed by atoms with E-state index < -0.39 is 0 Å². The van der Waals surface area contributed by atoms with Crippen molar-refractivity contribution in [3.63, 3.8) is 0 Å². The molecule has 0 radical (unpaired) electrons. The molecule has 0 aliphatic heterocycles. The van der Waals surface area contributed by atoms with Crippen LogP contribution in [0.2, 0.25) is 5.15 Å². The van der Waals surface area contributed by atoms with E-state index in [1.165, 1.54) is 0 Å². The second-order valence-electron chi connectivity index (χ2n) is 3.47. The second kappa shape index (κ2) is 3.26. The van der Waals surface area contributed by atoms with E-state index in [4.69, 9.17) is 17.3 Å². The summed E-state index contributed by atoms with van der Waals surface area (Å²) in [4.78, 5) is 4.30. The van der Waals surface area contributed by atoms with E-state index in [9.17, 15) is 0 Å². The summed E-state index contributed by atoms with van der Waals surface area (Å²) in [6.07, 6.45) is 1.93. The highest BCUT2D eigenvalue weighted by Gasteiger charge is 2.07. The molecule has 0 aromatic carbocycles. The van der Waals surface area contributed by atoms with Gasteiger partial charge in [0.2, 0.25) is 0 Å². The maximum atomic E-state index is 6.08. The lowest BCUT2D eigenvalue weighted by Gasteiger charge is -2.05. The van der Waals surface area contributed by atoms with Gasteiger partial charge in [0.25, 0.3) is 0 Å². The molecule has 2 rings (SSSR count). The lowest BCUT2D eigenvalue weighted by Crippen LogP contribution is -2.05. The first-order valence-corrected chi connectivity index (χ1v) is 4.87. The molecule has 1 atom stereocenters. The topological polar surface area (TPSA) is 43.3 Å². The Bertz CT molecular complexity index is 473. The normalized spacial score (nSPS) is 13.4. The Morgan fingerprint density at radius 2 is 2.21 bits per heavy atom. The molecule has 0 aliphatic rings. The summed E-state index contributed by atoms with van der Waals surface area (Å²) in [7, 11) is 0. The predicted molar refractivity (Wildman–Crippen MR) is 57.5 cm³/mol. The molecule has 0 fully saturated rings. The Kier molecular flexibility index (Phi) is 2.21. The number of halogens is 1. The molecule has 14 heavy (non-hydrogen) atoms. The summed E-state index contributed by atoms with van der Waals surface area (Å²) in [5.74, 6) is 0. The molecule has 0 saturated carbocycles. The van der Waals surface area contributed by atoms with E-state index in [0.29, 0.717) is 5.15 Å². The van der Waals surface area contributed by atoms with Crippen molar-refractivity contribution in [3.8, 4) is 0 Å². The van der Waals surface area contributed by atoms with Gasteiger partial charge in [-0.1, -0.05) is 17.7 Å². The molecular weight excluding hydrogens is 198 g/mol. The number of nitrogens with two attached hydrogens (primary N) is 1. The van der Waals surface area contributed by atoms with Gasteiger partial charge in [0, 0.05) is 12.2 Å². The largest absolute Gasteiger partial charge is 0.324 e. The first-order chi connectivity index (χ1) is 6.59. The summed E-state index contributed by atoms with van der Waals surface area (Å²) < 4.78 is 1.86. The minimum Gasteiger partial charge on any atom is -0.324 e. The fraction of sp³-hybridized carbons (Fsp3) is 0.300. The number of rotatable bonds is 1. The highest BCUT2D eigenvalue weighted by molar-refractivity contribution is 6.30. The number of fused-ring (bicyclic) bond motifs is 1. The van der Waals surface area contributed by atoms with Gasteiger partial charge >= 0.3 is 0 Å². The molecule has 0 bridgehead atoms. The lowest BCUT2D eigenvalue weighted by atomic mass is 10.2. The molecule has 1 unspecified atom stereocenters. The molecule has 2 heterocycles. The van der Waals surface area contributed by atoms with E-state index in [1.807, 2.05) is 36.6 Å². The summed E-state index contributed by atoms with van der Waals surface area (Å²) in [6, 6.07) is 3.92. The van der Waals surface area contributed by atoms with Gasteiger partial charge in [-0.2, -0.15) is 0 Å². The summed E-state index contributed by atoms with van der Waals surface area (Å²) in [5, 5.41) is 0.655. The van der Waals surface area contributed by atoms with Crippen LogP contribution in [-0.4, -0.2) is 9.38 Å². The molecule has 0 aliphatic carbocycles. The van der Waals surface area contributed by atoms with Crippen LogP contribution in [0.5, 0.6) is 0 Å². The van der Waals surface area contributed by atoms with Crippen LogP contribution in [0, 0.1) is 6.92 Å². The molecule has 4 heteroatoms. The van der Waals surface area contributed by atoms with Crippen molar-refractivity contribution in [2.24, 2.45) is 5.73 Å². The number of hydrogen-bond acceptors (Lipinski definition) is 2. The van der Waals surface area contributed by atoms with Gasteiger partial charge in [0.1, 0.15) is 10.8 Å². The van der Waals surface area contributed by atoms with E-state index in [1.54, 1.807) is 0 Å². The molecular formula is C10H12ClN3. The molecule has 2 N–H and O–H groups in total. The molecule has 2 aromatic heterocycles. The Morgan fingerprint density at radius 3 is 2.86 bits per heavy atom. The van der Waals surface area contributed by atoms with Gasteiger partial charge in [-0.15, -0.1) is 0 Å². The summed E-state index contributed by atoms with van der Waals surface area (Å²) >= 11 is 6.08. The Hall–Kier alpha value is -1.06. The van der Waals surface area contributed by atoms with Crippen molar-refractivity contribution < 1.29 is 0 Å². The molecule has 0 amide bonds. The monoisotopic (exact) mass is 209 g/mol. The third-order valence-electron chi connectivity index (χ3n) is 2.27. The van der Waals surface area contributed by atoms with Gasteiger partial charge in [0.05, 0.1) is 5.69 Å². The van der Waals surface area contributed by atoms with Crippen molar-refractivity contribution in [1.82, 2.24) is 9.38 Å². The van der Waals surface area contributed by atoms with Crippen LogP contribution in [0.1, 0.15) is 24.2 Å². The fourth-order valence-electron chi connectivity index (χ4n) is 1.42. The smallest absolute Gasteiger partial charge is 0.138 e. The highest BCUT2D eigenvalue weighted by Crippen LogP contribution is 2.19. The zero-order chi connectivity index (χ0) is 10.3. The van der Waals surface area contributed by atoms with Crippen molar-refractivity contribution in [3.05, 3.63) is 34.7 Å².